The Morgan fingerprint density at radius 1 is 0.833 bits per heavy atom. The third kappa shape index (κ3) is 15.3. The SMILES string of the molecule is COCCOC(=O)OCCOC(C)COCCOC(=O)OCCO. The summed E-state index contributed by atoms with van der Waals surface area (Å²) in [7, 11) is 1.50. The zero-order valence-corrected chi connectivity index (χ0v) is 14.1. The van der Waals surface area contributed by atoms with Gasteiger partial charge in [0.15, 0.2) is 0 Å². The van der Waals surface area contributed by atoms with Gasteiger partial charge in [-0.15, -0.1) is 0 Å². The molecule has 142 valence electrons. The van der Waals surface area contributed by atoms with Crippen molar-refractivity contribution in [2.24, 2.45) is 0 Å². The number of aliphatic hydroxyl groups is 1. The van der Waals surface area contributed by atoms with Crippen molar-refractivity contribution in [2.45, 2.75) is 13.0 Å². The molecule has 10 heteroatoms. The molecule has 1 unspecified atom stereocenters. The summed E-state index contributed by atoms with van der Waals surface area (Å²) < 4.78 is 33.9. The highest BCUT2D eigenvalue weighted by molar-refractivity contribution is 5.60. The van der Waals surface area contributed by atoms with Gasteiger partial charge in [0.25, 0.3) is 0 Å². The summed E-state index contributed by atoms with van der Waals surface area (Å²) in [5.41, 5.74) is 0. The second-order valence-corrected chi connectivity index (χ2v) is 4.37. The van der Waals surface area contributed by atoms with E-state index in [1.807, 2.05) is 0 Å². The lowest BCUT2D eigenvalue weighted by atomic mass is 10.4. The summed E-state index contributed by atoms with van der Waals surface area (Å²) in [6.07, 6.45) is -1.85. The number of carbonyl (C=O) groups is 2. The molecule has 0 radical (unpaired) electrons. The third-order valence-corrected chi connectivity index (χ3v) is 2.32. The van der Waals surface area contributed by atoms with E-state index < -0.39 is 12.3 Å². The van der Waals surface area contributed by atoms with Crippen LogP contribution < -0.4 is 0 Å². The lowest BCUT2D eigenvalue weighted by Crippen LogP contribution is -2.22. The molecular weight excluding hydrogens is 328 g/mol. The van der Waals surface area contributed by atoms with E-state index >= 15 is 0 Å². The largest absolute Gasteiger partial charge is 0.508 e. The molecule has 0 spiro atoms. The number of carbonyl (C=O) groups excluding carboxylic acids is 2. The van der Waals surface area contributed by atoms with Crippen LogP contribution in [0.1, 0.15) is 6.92 Å². The lowest BCUT2D eigenvalue weighted by molar-refractivity contribution is -0.0389. The van der Waals surface area contributed by atoms with Gasteiger partial charge in [0.1, 0.15) is 26.4 Å². The number of hydrogen-bond acceptors (Lipinski definition) is 10. The van der Waals surface area contributed by atoms with Crippen LogP contribution in [0.5, 0.6) is 0 Å². The topological polar surface area (TPSA) is 119 Å². The molecule has 0 fully saturated rings. The first-order valence-corrected chi connectivity index (χ1v) is 7.48. The van der Waals surface area contributed by atoms with Gasteiger partial charge in [-0.25, -0.2) is 9.59 Å². The van der Waals surface area contributed by atoms with Crippen LogP contribution in [0.15, 0.2) is 0 Å². The Labute approximate surface area is 140 Å². The Hall–Kier alpha value is -1.62. The van der Waals surface area contributed by atoms with Crippen molar-refractivity contribution in [3.8, 4) is 0 Å². The molecule has 10 nitrogen and oxygen atoms in total. The van der Waals surface area contributed by atoms with Gasteiger partial charge in [-0.3, -0.25) is 0 Å². The average molecular weight is 354 g/mol. The zero-order valence-electron chi connectivity index (χ0n) is 14.1. The first-order valence-electron chi connectivity index (χ1n) is 7.48. The minimum Gasteiger partial charge on any atom is -0.432 e. The van der Waals surface area contributed by atoms with Crippen LogP contribution in [0.2, 0.25) is 0 Å². The van der Waals surface area contributed by atoms with Crippen molar-refractivity contribution in [3.63, 3.8) is 0 Å². The first-order chi connectivity index (χ1) is 11.6. The quantitative estimate of drug-likeness (QED) is 0.346. The van der Waals surface area contributed by atoms with Crippen molar-refractivity contribution in [1.82, 2.24) is 0 Å². The Balaban J connectivity index is 3.39. The maximum atomic E-state index is 11.1. The molecule has 1 N–H and O–H groups in total. The summed E-state index contributed by atoms with van der Waals surface area (Å²) in [5, 5.41) is 8.44. The second-order valence-electron chi connectivity index (χ2n) is 4.37. The molecule has 0 aliphatic carbocycles. The van der Waals surface area contributed by atoms with Gasteiger partial charge in [0.2, 0.25) is 0 Å². The van der Waals surface area contributed by atoms with Crippen LogP contribution in [-0.4, -0.2) is 90.1 Å². The van der Waals surface area contributed by atoms with Crippen molar-refractivity contribution < 1.29 is 47.9 Å². The van der Waals surface area contributed by atoms with Gasteiger partial charge in [-0.1, -0.05) is 0 Å². The molecule has 0 amide bonds. The van der Waals surface area contributed by atoms with Crippen molar-refractivity contribution in [3.05, 3.63) is 0 Å². The van der Waals surface area contributed by atoms with Gasteiger partial charge in [0.05, 0.1) is 39.1 Å². The second kappa shape index (κ2) is 16.2. The van der Waals surface area contributed by atoms with Gasteiger partial charge in [-0.2, -0.15) is 0 Å². The predicted octanol–water partition coefficient (Wildman–Crippen LogP) is 0.353. The Bertz CT molecular complexity index is 323. The third-order valence-electron chi connectivity index (χ3n) is 2.32. The maximum absolute atomic E-state index is 11.1. The van der Waals surface area contributed by atoms with E-state index in [1.54, 1.807) is 6.92 Å². The van der Waals surface area contributed by atoms with Crippen LogP contribution in [0.4, 0.5) is 9.59 Å². The molecule has 0 bridgehead atoms. The molecule has 0 aromatic carbocycles. The Morgan fingerprint density at radius 2 is 1.38 bits per heavy atom. The fourth-order valence-electron chi connectivity index (χ4n) is 1.28. The Kier molecular flexibility index (Phi) is 15.1. The van der Waals surface area contributed by atoms with E-state index in [0.29, 0.717) is 6.61 Å². The van der Waals surface area contributed by atoms with Gasteiger partial charge in [-0.05, 0) is 6.92 Å². The predicted molar refractivity (Wildman–Crippen MR) is 79.8 cm³/mol. The van der Waals surface area contributed by atoms with Crippen molar-refractivity contribution in [2.75, 3.05) is 66.6 Å². The molecule has 0 aliphatic heterocycles. The fourth-order valence-corrected chi connectivity index (χ4v) is 1.28. The van der Waals surface area contributed by atoms with Crippen LogP contribution in [0.25, 0.3) is 0 Å². The van der Waals surface area contributed by atoms with Crippen LogP contribution >= 0.6 is 0 Å². The number of ether oxygens (including phenoxy) is 7. The minimum absolute atomic E-state index is 0.0351. The molecule has 0 aliphatic rings. The van der Waals surface area contributed by atoms with E-state index in [0.717, 1.165) is 0 Å². The van der Waals surface area contributed by atoms with E-state index in [2.05, 4.69) is 9.47 Å². The highest BCUT2D eigenvalue weighted by Gasteiger charge is 2.07. The van der Waals surface area contributed by atoms with Crippen LogP contribution in [0.3, 0.4) is 0 Å². The smallest absolute Gasteiger partial charge is 0.432 e. The average Bonchev–Trinajstić information content (AvgIpc) is 2.56. The van der Waals surface area contributed by atoms with E-state index in [-0.39, 0.29) is 59.0 Å². The monoisotopic (exact) mass is 354 g/mol. The highest BCUT2D eigenvalue weighted by atomic mass is 16.7. The molecular formula is C14H26O10. The van der Waals surface area contributed by atoms with E-state index in [1.165, 1.54) is 7.11 Å². The first kappa shape index (κ1) is 22.4. The molecule has 0 rings (SSSR count). The van der Waals surface area contributed by atoms with Crippen LogP contribution in [0, 0.1) is 0 Å². The molecule has 0 aromatic rings. The maximum Gasteiger partial charge on any atom is 0.508 e. The summed E-state index contributed by atoms with van der Waals surface area (Å²) in [4.78, 5) is 22.0. The van der Waals surface area contributed by atoms with Gasteiger partial charge >= 0.3 is 12.3 Å². The Morgan fingerprint density at radius 3 is 1.96 bits per heavy atom. The minimum atomic E-state index is -0.855. The number of hydrogen-bond donors (Lipinski definition) is 1. The fraction of sp³-hybridized carbons (Fsp3) is 0.857. The number of rotatable bonds is 14. The molecule has 0 aromatic heterocycles. The standard InChI is InChI=1S/C14H26O10/c1-12(11-19-6-8-23-13(16)21-4-3-15)20-9-10-24-14(17)22-7-5-18-2/h12,15H,3-11H2,1-2H3. The summed E-state index contributed by atoms with van der Waals surface area (Å²) in [6.45, 7) is 2.64. The molecule has 1 atom stereocenters. The highest BCUT2D eigenvalue weighted by Crippen LogP contribution is 1.94. The van der Waals surface area contributed by atoms with E-state index in [4.69, 9.17) is 28.8 Å². The normalized spacial score (nSPS) is 11.6. The summed E-state index contributed by atoms with van der Waals surface area (Å²) in [6, 6.07) is 0. The molecule has 0 saturated carbocycles. The van der Waals surface area contributed by atoms with Gasteiger partial charge < -0.3 is 38.3 Å². The number of methoxy groups -OCH3 is 1. The molecule has 0 heterocycles. The van der Waals surface area contributed by atoms with Crippen LogP contribution in [-0.2, 0) is 33.2 Å². The summed E-state index contributed by atoms with van der Waals surface area (Å²) in [5.74, 6) is 0. The van der Waals surface area contributed by atoms with Gasteiger partial charge in [0, 0.05) is 7.11 Å². The number of aliphatic hydroxyl groups excluding tert-OH is 1. The van der Waals surface area contributed by atoms with Crippen molar-refractivity contribution in [1.29, 1.82) is 0 Å². The molecule has 24 heavy (non-hydrogen) atoms. The summed E-state index contributed by atoms with van der Waals surface area (Å²) >= 11 is 0. The zero-order chi connectivity index (χ0) is 18.0. The molecule has 0 saturated heterocycles. The van der Waals surface area contributed by atoms with Crippen molar-refractivity contribution >= 4 is 12.3 Å². The lowest BCUT2D eigenvalue weighted by Gasteiger charge is -2.13. The van der Waals surface area contributed by atoms with E-state index in [9.17, 15) is 9.59 Å².